The molecule has 6 N–H and O–H groups in total. The van der Waals surface area contributed by atoms with Crippen molar-refractivity contribution in [2.75, 3.05) is 27.3 Å². The number of hydrogen-bond donors (Lipinski definition) is 4. The number of ether oxygens (including phenoxy) is 4. The van der Waals surface area contributed by atoms with Gasteiger partial charge in [-0.15, -0.1) is 0 Å². The molecule has 6 unspecified atom stereocenters. The van der Waals surface area contributed by atoms with Gasteiger partial charge in [-0.05, 0) is 125 Å². The van der Waals surface area contributed by atoms with E-state index in [1.54, 1.807) is 42.4 Å². The molecule has 0 saturated carbocycles. The van der Waals surface area contributed by atoms with Crippen LogP contribution in [0.5, 0.6) is 11.5 Å². The Morgan fingerprint density at radius 2 is 1.08 bits per heavy atom. The van der Waals surface area contributed by atoms with E-state index in [1.807, 2.05) is 42.5 Å². The Bertz CT molecular complexity index is 2480. The number of hydroxylamine groups is 4. The number of nitrogens with two attached hydrogens (primary N) is 2. The van der Waals surface area contributed by atoms with Crippen LogP contribution in [0, 0.1) is 11.8 Å². The molecule has 66 heavy (non-hydrogen) atoms. The lowest BCUT2D eigenvalue weighted by molar-refractivity contribution is -0.199. The number of guanidine groups is 2. The van der Waals surface area contributed by atoms with Gasteiger partial charge in [-0.25, -0.2) is 29.8 Å². The van der Waals surface area contributed by atoms with Crippen molar-refractivity contribution in [3.05, 3.63) is 109 Å². The second-order valence-corrected chi connectivity index (χ2v) is 21.7. The van der Waals surface area contributed by atoms with E-state index >= 15 is 0 Å². The predicted molar refractivity (Wildman–Crippen MR) is 266 cm³/mol. The summed E-state index contributed by atoms with van der Waals surface area (Å²) in [6.45, 7) is 10.1. The van der Waals surface area contributed by atoms with Gasteiger partial charge in [-0.1, -0.05) is 78.1 Å². The van der Waals surface area contributed by atoms with Crippen molar-refractivity contribution in [1.29, 1.82) is 0 Å². The van der Waals surface area contributed by atoms with Gasteiger partial charge in [0.25, 0.3) is 0 Å². The Balaban J connectivity index is 0.000000151. The molecule has 2 fully saturated rings. The highest BCUT2D eigenvalue weighted by Gasteiger charge is 2.53. The highest BCUT2D eigenvalue weighted by Crippen LogP contribution is 2.51. The molecule has 6 heterocycles. The van der Waals surface area contributed by atoms with Gasteiger partial charge in [0.2, 0.25) is 23.4 Å². The third-order valence-corrected chi connectivity index (χ3v) is 14.4. The average Bonchev–Trinajstić information content (AvgIpc) is 3.71. The number of aliphatic imine (C=N–C) groups is 2. The van der Waals surface area contributed by atoms with Crippen LogP contribution >= 0.6 is 47.8 Å². The van der Waals surface area contributed by atoms with Crippen molar-refractivity contribution in [1.82, 2.24) is 10.1 Å². The summed E-state index contributed by atoms with van der Waals surface area (Å²) < 4.78 is 27.6. The van der Waals surface area contributed by atoms with Gasteiger partial charge >= 0.3 is 7.12 Å². The fourth-order valence-electron chi connectivity index (χ4n) is 9.74. The van der Waals surface area contributed by atoms with E-state index in [0.717, 1.165) is 86.1 Å². The minimum absolute atomic E-state index is 0.0138. The molecule has 6 aliphatic rings. The molecule has 10 rings (SSSR count). The average molecular weight is 1100 g/mol. The second-order valence-electron chi connectivity index (χ2n) is 18.9. The van der Waals surface area contributed by atoms with E-state index in [9.17, 15) is 0 Å². The molecule has 6 aliphatic heterocycles. The Labute approximate surface area is 412 Å². The van der Waals surface area contributed by atoms with E-state index in [1.165, 1.54) is 0 Å². The maximum atomic E-state index is 8.68. The van der Waals surface area contributed by atoms with Crippen molar-refractivity contribution in [3.63, 3.8) is 0 Å². The monoisotopic (exact) mass is 1090 g/mol. The van der Waals surface area contributed by atoms with Gasteiger partial charge in [0.1, 0.15) is 23.7 Å². The standard InChI is InChI=1S/C24H28BrN3O3.C18H24BrN3O3.C6H6BBrO2/c1-23(2)13-17(9-10-29-23)21-14-24(27-22(26)28(3)31-24)19-12-16(7-8-20(19)30-21)15-5-4-6-18(25)11-15;1-17(2)9-11(6-7-23-17)15-10-18(21-16(20)22(3)25-18)13-8-12(19)4-5-14(13)24-15;8-6-3-1-2-5(4-6)7(9)10/h4-8,11-12,17,21H,9-10,13-14H2,1-3H3,(H2,26,27);4-5,8,11,15H,6-7,9-10H2,1-3H3,(H2,20,21);1-4,9-10H. The molecule has 0 aromatic heterocycles. The largest absolute Gasteiger partial charge is 0.489 e. The van der Waals surface area contributed by atoms with Gasteiger partial charge in [0.15, 0.2) is 0 Å². The van der Waals surface area contributed by atoms with Crippen LogP contribution in [0.4, 0.5) is 0 Å². The van der Waals surface area contributed by atoms with Crippen LogP contribution < -0.4 is 26.4 Å². The number of nitrogens with zero attached hydrogens (tertiary/aromatic N) is 4. The minimum Gasteiger partial charge on any atom is -0.489 e. The summed E-state index contributed by atoms with van der Waals surface area (Å²) in [5.74, 6) is 3.15. The molecule has 0 amide bonds. The zero-order valence-corrected chi connectivity index (χ0v) is 42.8. The van der Waals surface area contributed by atoms with E-state index in [2.05, 4.69) is 99.8 Å². The molecule has 14 nitrogen and oxygen atoms in total. The van der Waals surface area contributed by atoms with Gasteiger partial charge in [-0.2, -0.15) is 0 Å². The molecule has 4 aromatic carbocycles. The van der Waals surface area contributed by atoms with Gasteiger partial charge < -0.3 is 40.5 Å². The van der Waals surface area contributed by atoms with Gasteiger partial charge in [0, 0.05) is 65.4 Å². The lowest BCUT2D eigenvalue weighted by Crippen LogP contribution is -2.46. The summed E-state index contributed by atoms with van der Waals surface area (Å²) in [5.41, 5.74) is 14.7. The number of halogens is 3. The summed E-state index contributed by atoms with van der Waals surface area (Å²) in [6.07, 6.45) is 5.09. The van der Waals surface area contributed by atoms with E-state index in [-0.39, 0.29) is 23.4 Å². The Morgan fingerprint density at radius 3 is 1.53 bits per heavy atom. The third-order valence-electron chi connectivity index (χ3n) is 12.9. The molecule has 6 atom stereocenters. The van der Waals surface area contributed by atoms with Crippen LogP contribution in [-0.4, -0.2) is 89.9 Å². The molecule has 18 heteroatoms. The molecular formula is C48H58BBr3N6O8. The topological polar surface area (TPSA) is 179 Å². The fraction of sp³-hybridized carbons (Fsp3) is 0.458. The van der Waals surface area contributed by atoms with Crippen molar-refractivity contribution in [3.8, 4) is 22.6 Å². The summed E-state index contributed by atoms with van der Waals surface area (Å²) >= 11 is 10.3. The second kappa shape index (κ2) is 19.4. The zero-order chi connectivity index (χ0) is 47.2. The van der Waals surface area contributed by atoms with E-state index < -0.39 is 18.6 Å². The maximum Gasteiger partial charge on any atom is 0.488 e. The summed E-state index contributed by atoms with van der Waals surface area (Å²) in [4.78, 5) is 21.9. The molecule has 2 saturated heterocycles. The molecule has 2 spiro atoms. The van der Waals surface area contributed by atoms with Gasteiger partial charge in [-0.3, -0.25) is 0 Å². The maximum absolute atomic E-state index is 8.68. The van der Waals surface area contributed by atoms with Crippen LogP contribution in [0.25, 0.3) is 11.1 Å². The number of fused-ring (bicyclic) bond motifs is 4. The first-order valence-electron chi connectivity index (χ1n) is 22.2. The van der Waals surface area contributed by atoms with Gasteiger partial charge in [0.05, 0.1) is 22.3 Å². The van der Waals surface area contributed by atoms with Crippen LogP contribution in [0.3, 0.4) is 0 Å². The quantitative estimate of drug-likeness (QED) is 0.145. The fourth-order valence-corrected chi connectivity index (χ4v) is 10.9. The first kappa shape index (κ1) is 48.7. The summed E-state index contributed by atoms with van der Waals surface area (Å²) in [6, 6.07) is 27.3. The highest BCUT2D eigenvalue weighted by atomic mass is 79.9. The molecule has 352 valence electrons. The summed E-state index contributed by atoms with van der Waals surface area (Å²) in [7, 11) is 2.21. The Kier molecular flexibility index (Phi) is 14.3. The molecule has 0 radical (unpaired) electrons. The Morgan fingerprint density at radius 1 is 0.606 bits per heavy atom. The zero-order valence-electron chi connectivity index (χ0n) is 38.0. The Hall–Kier alpha value is -3.72. The van der Waals surface area contributed by atoms with Crippen molar-refractivity contribution in [2.45, 2.75) is 101 Å². The molecule has 4 aromatic rings. The van der Waals surface area contributed by atoms with Crippen LogP contribution in [0.15, 0.2) is 108 Å². The smallest absolute Gasteiger partial charge is 0.488 e. The van der Waals surface area contributed by atoms with Crippen molar-refractivity contribution in [2.24, 2.45) is 33.3 Å². The van der Waals surface area contributed by atoms with E-state index in [4.69, 9.17) is 60.1 Å². The van der Waals surface area contributed by atoms with Crippen LogP contribution in [0.2, 0.25) is 0 Å². The first-order valence-corrected chi connectivity index (χ1v) is 24.6. The number of rotatable bonds is 4. The number of benzene rings is 4. The number of hydrogen-bond acceptors (Lipinski definition) is 14. The van der Waals surface area contributed by atoms with Crippen molar-refractivity contribution < 1.29 is 38.7 Å². The molecule has 0 aliphatic carbocycles. The minimum atomic E-state index is -1.38. The lowest BCUT2D eigenvalue weighted by Gasteiger charge is -2.44. The normalized spacial score (nSPS) is 28.0. The van der Waals surface area contributed by atoms with E-state index in [0.29, 0.717) is 42.1 Å². The predicted octanol–water partition coefficient (Wildman–Crippen LogP) is 8.10. The highest BCUT2D eigenvalue weighted by molar-refractivity contribution is 9.11. The van der Waals surface area contributed by atoms with Crippen LogP contribution in [-0.2, 0) is 30.6 Å². The third kappa shape index (κ3) is 10.8. The first-order chi connectivity index (χ1) is 31.2. The van der Waals surface area contributed by atoms with Crippen LogP contribution in [0.1, 0.15) is 77.3 Å². The lowest BCUT2D eigenvalue weighted by atomic mass is 9.79. The molecule has 0 bridgehead atoms. The van der Waals surface area contributed by atoms with Crippen molar-refractivity contribution >= 4 is 72.3 Å². The summed E-state index contributed by atoms with van der Waals surface area (Å²) in [5, 5.41) is 20.5. The SMILES string of the molecule is CN1OC2(CC(C3CCOC(C)(C)C3)Oc3ccc(-c4cccc(Br)c4)cc32)N=C1N.CN1OC2(CC(C3CCOC(C)(C)C3)Oc3ccc(Br)cc32)N=C1N.OB(O)c1cccc(Br)c1. The molecular weight excluding hydrogens is 1040 g/mol.